The number of carboxylic acid groups (broad SMARTS) is 1. The lowest BCUT2D eigenvalue weighted by Gasteiger charge is -2.05. The van der Waals surface area contributed by atoms with Gasteiger partial charge in [0.25, 0.3) is 0 Å². The summed E-state index contributed by atoms with van der Waals surface area (Å²) in [5.74, 6) is -1.78. The fourth-order valence-electron chi connectivity index (χ4n) is 1.48. The van der Waals surface area contributed by atoms with E-state index < -0.39 is 21.8 Å². The molecule has 0 radical (unpaired) electrons. The summed E-state index contributed by atoms with van der Waals surface area (Å²) in [4.78, 5) is 10.5. The summed E-state index contributed by atoms with van der Waals surface area (Å²) in [6.45, 7) is -0.0828. The molecule has 2 rings (SSSR count). The highest BCUT2D eigenvalue weighted by Crippen LogP contribution is 2.20. The predicted molar refractivity (Wildman–Crippen MR) is 76.7 cm³/mol. The Balaban J connectivity index is 2.13. The normalized spacial score (nSPS) is 11.5. The molecule has 0 amide bonds. The molecule has 0 spiro atoms. The quantitative estimate of drug-likeness (QED) is 0.869. The molecule has 5 nitrogen and oxygen atoms in total. The Labute approximate surface area is 129 Å². The lowest BCUT2D eigenvalue weighted by Crippen LogP contribution is -2.22. The highest BCUT2D eigenvalue weighted by molar-refractivity contribution is 7.89. The Morgan fingerprint density at radius 3 is 2.67 bits per heavy atom. The smallest absolute Gasteiger partial charge is 0.345 e. The molecule has 21 heavy (non-hydrogen) atoms. The number of carboxylic acids is 1. The first-order valence-corrected chi connectivity index (χ1v) is 8.29. The SMILES string of the molecule is O=C(O)c1cc(S(=O)(=O)NCc2ccc(F)c(Cl)c2)cs1. The number of hydrogen-bond donors (Lipinski definition) is 2. The van der Waals surface area contributed by atoms with Gasteiger partial charge in [0.1, 0.15) is 10.7 Å². The third kappa shape index (κ3) is 3.79. The van der Waals surface area contributed by atoms with Gasteiger partial charge in [0.2, 0.25) is 10.0 Å². The highest BCUT2D eigenvalue weighted by Gasteiger charge is 2.18. The molecule has 0 fully saturated rings. The summed E-state index contributed by atoms with van der Waals surface area (Å²) in [7, 11) is -3.83. The standard InChI is InChI=1S/C12H9ClFNO4S2/c13-9-3-7(1-2-10(9)14)5-15-21(18,19)8-4-11(12(16)17)20-6-8/h1-4,6,15H,5H2,(H,16,17). The Kier molecular flexibility index (Phi) is 4.62. The second-order valence-electron chi connectivity index (χ2n) is 4.02. The van der Waals surface area contributed by atoms with Crippen molar-refractivity contribution in [1.82, 2.24) is 4.72 Å². The van der Waals surface area contributed by atoms with E-state index in [0.717, 1.165) is 23.5 Å². The van der Waals surface area contributed by atoms with Crippen LogP contribution >= 0.6 is 22.9 Å². The number of benzene rings is 1. The van der Waals surface area contributed by atoms with Gasteiger partial charge in [-0.25, -0.2) is 22.3 Å². The number of aromatic carboxylic acids is 1. The van der Waals surface area contributed by atoms with Crippen molar-refractivity contribution in [2.24, 2.45) is 0 Å². The molecule has 0 bridgehead atoms. The number of sulfonamides is 1. The fourth-order valence-corrected chi connectivity index (χ4v) is 3.82. The van der Waals surface area contributed by atoms with Gasteiger partial charge in [-0.15, -0.1) is 11.3 Å². The fraction of sp³-hybridized carbons (Fsp3) is 0.0833. The number of halogens is 2. The summed E-state index contributed by atoms with van der Waals surface area (Å²) in [6, 6.07) is 4.93. The van der Waals surface area contributed by atoms with Crippen LogP contribution in [0.3, 0.4) is 0 Å². The van der Waals surface area contributed by atoms with E-state index in [1.807, 2.05) is 0 Å². The molecule has 112 valence electrons. The third-order valence-electron chi connectivity index (χ3n) is 2.55. The van der Waals surface area contributed by atoms with Crippen molar-refractivity contribution < 1.29 is 22.7 Å². The van der Waals surface area contributed by atoms with Crippen LogP contribution < -0.4 is 4.72 Å². The first kappa shape index (κ1) is 15.9. The average molecular weight is 350 g/mol. The van der Waals surface area contributed by atoms with Crippen molar-refractivity contribution in [1.29, 1.82) is 0 Å². The van der Waals surface area contributed by atoms with Crippen molar-refractivity contribution in [3.8, 4) is 0 Å². The van der Waals surface area contributed by atoms with Gasteiger partial charge in [-0.2, -0.15) is 0 Å². The van der Waals surface area contributed by atoms with Crippen LogP contribution in [0.25, 0.3) is 0 Å². The summed E-state index contributed by atoms with van der Waals surface area (Å²) >= 11 is 6.42. The van der Waals surface area contributed by atoms with Crippen molar-refractivity contribution in [3.63, 3.8) is 0 Å². The van der Waals surface area contributed by atoms with E-state index in [4.69, 9.17) is 16.7 Å². The summed E-state index contributed by atoms with van der Waals surface area (Å²) in [5.41, 5.74) is 0.485. The van der Waals surface area contributed by atoms with Crippen LogP contribution in [-0.2, 0) is 16.6 Å². The first-order chi connectivity index (χ1) is 9.79. The van der Waals surface area contributed by atoms with Crippen molar-refractivity contribution in [2.75, 3.05) is 0 Å². The Hall–Kier alpha value is -1.48. The van der Waals surface area contributed by atoms with Crippen LogP contribution in [0.15, 0.2) is 34.5 Å². The topological polar surface area (TPSA) is 83.5 Å². The van der Waals surface area contributed by atoms with Crippen LogP contribution in [0.1, 0.15) is 15.2 Å². The summed E-state index contributed by atoms with van der Waals surface area (Å²) in [6.07, 6.45) is 0. The zero-order valence-corrected chi connectivity index (χ0v) is 12.7. The number of rotatable bonds is 5. The van der Waals surface area contributed by atoms with Gasteiger partial charge in [-0.05, 0) is 23.8 Å². The zero-order valence-electron chi connectivity index (χ0n) is 10.3. The van der Waals surface area contributed by atoms with E-state index in [9.17, 15) is 17.6 Å². The van der Waals surface area contributed by atoms with Crippen molar-refractivity contribution in [2.45, 2.75) is 11.4 Å². The Bertz CT molecular complexity index is 788. The molecule has 0 saturated carbocycles. The predicted octanol–water partition coefficient (Wildman–Crippen LogP) is 2.72. The largest absolute Gasteiger partial charge is 0.477 e. The third-order valence-corrected chi connectivity index (χ3v) is 5.28. The Morgan fingerprint density at radius 2 is 2.10 bits per heavy atom. The minimum absolute atomic E-state index is 0.0693. The van der Waals surface area contributed by atoms with E-state index in [2.05, 4.69) is 4.72 Å². The van der Waals surface area contributed by atoms with Crippen LogP contribution in [0.5, 0.6) is 0 Å². The molecular formula is C12H9ClFNO4S2. The molecule has 9 heteroatoms. The maximum Gasteiger partial charge on any atom is 0.345 e. The van der Waals surface area contributed by atoms with Gasteiger partial charge in [-0.3, -0.25) is 0 Å². The molecule has 0 atom stereocenters. The zero-order chi connectivity index (χ0) is 15.6. The van der Waals surface area contributed by atoms with E-state index in [1.165, 1.54) is 17.5 Å². The molecular weight excluding hydrogens is 341 g/mol. The van der Waals surface area contributed by atoms with Gasteiger partial charge in [0.05, 0.1) is 9.92 Å². The molecule has 0 saturated heterocycles. The van der Waals surface area contributed by atoms with E-state index in [-0.39, 0.29) is 21.3 Å². The highest BCUT2D eigenvalue weighted by atomic mass is 35.5. The molecule has 1 aromatic carbocycles. The van der Waals surface area contributed by atoms with Crippen LogP contribution in [-0.4, -0.2) is 19.5 Å². The average Bonchev–Trinajstić information content (AvgIpc) is 2.91. The summed E-state index contributed by atoms with van der Waals surface area (Å²) < 4.78 is 39.3. The molecule has 1 heterocycles. The van der Waals surface area contributed by atoms with E-state index in [1.54, 1.807) is 0 Å². The molecule has 2 N–H and O–H groups in total. The van der Waals surface area contributed by atoms with Crippen LogP contribution in [0.2, 0.25) is 5.02 Å². The lowest BCUT2D eigenvalue weighted by atomic mass is 10.2. The van der Waals surface area contributed by atoms with Gasteiger partial charge < -0.3 is 5.11 Å². The van der Waals surface area contributed by atoms with Crippen molar-refractivity contribution in [3.05, 3.63) is 50.9 Å². The van der Waals surface area contributed by atoms with Crippen LogP contribution in [0.4, 0.5) is 4.39 Å². The van der Waals surface area contributed by atoms with Crippen molar-refractivity contribution >= 4 is 38.9 Å². The van der Waals surface area contributed by atoms with E-state index >= 15 is 0 Å². The molecule has 1 aromatic heterocycles. The number of carbonyl (C=O) groups is 1. The minimum Gasteiger partial charge on any atom is -0.477 e. The second kappa shape index (κ2) is 6.10. The number of thiophene rings is 1. The minimum atomic E-state index is -3.83. The Morgan fingerprint density at radius 1 is 1.38 bits per heavy atom. The van der Waals surface area contributed by atoms with Gasteiger partial charge >= 0.3 is 5.97 Å². The maximum atomic E-state index is 13.0. The first-order valence-electron chi connectivity index (χ1n) is 5.55. The number of nitrogens with one attached hydrogen (secondary N) is 1. The van der Waals surface area contributed by atoms with Gasteiger partial charge in [0, 0.05) is 11.9 Å². The van der Waals surface area contributed by atoms with Gasteiger partial charge in [0.15, 0.2) is 0 Å². The molecule has 0 unspecified atom stereocenters. The maximum absolute atomic E-state index is 13.0. The molecule has 0 aliphatic carbocycles. The van der Waals surface area contributed by atoms with Crippen LogP contribution in [0, 0.1) is 5.82 Å². The lowest BCUT2D eigenvalue weighted by molar-refractivity contribution is 0.0702. The monoisotopic (exact) mass is 349 g/mol. The van der Waals surface area contributed by atoms with Gasteiger partial charge in [-0.1, -0.05) is 17.7 Å². The molecule has 2 aromatic rings. The van der Waals surface area contributed by atoms with E-state index in [0.29, 0.717) is 5.56 Å². The molecule has 0 aliphatic rings. The summed E-state index contributed by atoms with van der Waals surface area (Å²) in [5, 5.41) is 9.91. The molecule has 0 aliphatic heterocycles. The number of hydrogen-bond acceptors (Lipinski definition) is 4. The second-order valence-corrected chi connectivity index (χ2v) is 7.11.